The molecule has 1 saturated carbocycles. The van der Waals surface area contributed by atoms with Gasteiger partial charge in [-0.25, -0.2) is 0 Å². The second-order valence-electron chi connectivity index (χ2n) is 6.81. The quantitative estimate of drug-likeness (QED) is 0.837. The van der Waals surface area contributed by atoms with Crippen LogP contribution in [0, 0.1) is 11.8 Å². The number of hydrogen-bond acceptors (Lipinski definition) is 4. The van der Waals surface area contributed by atoms with Gasteiger partial charge in [-0.3, -0.25) is 9.59 Å². The fraction of sp³-hybridized carbons (Fsp3) is 0.706. The van der Waals surface area contributed by atoms with E-state index in [2.05, 4.69) is 10.5 Å². The average Bonchev–Trinajstić information content (AvgIpc) is 2.99. The summed E-state index contributed by atoms with van der Waals surface area (Å²) in [5.74, 6) is 1.01. The van der Waals surface area contributed by atoms with Crippen molar-refractivity contribution in [3.63, 3.8) is 0 Å². The van der Waals surface area contributed by atoms with Gasteiger partial charge in [0.25, 0.3) is 0 Å². The van der Waals surface area contributed by atoms with Gasteiger partial charge in [0.2, 0.25) is 11.8 Å². The van der Waals surface area contributed by atoms with Crippen molar-refractivity contribution in [2.24, 2.45) is 11.8 Å². The Morgan fingerprint density at radius 2 is 2.09 bits per heavy atom. The molecule has 1 aromatic heterocycles. The van der Waals surface area contributed by atoms with Crippen LogP contribution in [0.1, 0.15) is 52.4 Å². The second-order valence-corrected chi connectivity index (χ2v) is 6.81. The number of hydrogen-bond donors (Lipinski definition) is 1. The van der Waals surface area contributed by atoms with Crippen LogP contribution in [-0.2, 0) is 9.59 Å². The van der Waals surface area contributed by atoms with Crippen molar-refractivity contribution in [1.82, 2.24) is 10.1 Å². The molecule has 2 amide bonds. The van der Waals surface area contributed by atoms with Crippen molar-refractivity contribution in [2.75, 3.05) is 18.4 Å². The lowest BCUT2D eigenvalue weighted by atomic mass is 9.89. The summed E-state index contributed by atoms with van der Waals surface area (Å²) in [6.45, 7) is 4.80. The number of nitrogens with one attached hydrogen (secondary N) is 1. The molecule has 1 aliphatic rings. The Bertz CT molecular complexity index is 493. The third-order valence-corrected chi connectivity index (χ3v) is 4.18. The van der Waals surface area contributed by atoms with E-state index >= 15 is 0 Å². The molecule has 1 fully saturated rings. The number of anilines is 1. The summed E-state index contributed by atoms with van der Waals surface area (Å²) in [7, 11) is 0. The lowest BCUT2D eigenvalue weighted by molar-refractivity contribution is -0.136. The Labute approximate surface area is 137 Å². The van der Waals surface area contributed by atoms with Crippen molar-refractivity contribution >= 4 is 17.6 Å². The molecule has 1 heterocycles. The van der Waals surface area contributed by atoms with E-state index in [9.17, 15) is 9.59 Å². The van der Waals surface area contributed by atoms with Crippen LogP contribution >= 0.6 is 0 Å². The van der Waals surface area contributed by atoms with Crippen LogP contribution in [0.25, 0.3) is 0 Å². The molecule has 0 aliphatic heterocycles. The molecule has 0 unspecified atom stereocenters. The molecule has 1 N–H and O–H groups in total. The molecule has 1 aromatic rings. The third kappa shape index (κ3) is 6.04. The lowest BCUT2D eigenvalue weighted by Crippen LogP contribution is -2.41. The van der Waals surface area contributed by atoms with Crippen molar-refractivity contribution in [3.8, 4) is 0 Å². The topological polar surface area (TPSA) is 75.4 Å². The van der Waals surface area contributed by atoms with Gasteiger partial charge in [-0.2, -0.15) is 0 Å². The molecule has 0 radical (unpaired) electrons. The van der Waals surface area contributed by atoms with Crippen molar-refractivity contribution in [3.05, 3.63) is 12.3 Å². The van der Waals surface area contributed by atoms with Crippen LogP contribution in [0.15, 0.2) is 16.9 Å². The number of carbonyl (C=O) groups excluding carboxylic acids is 2. The molecule has 6 nitrogen and oxygen atoms in total. The summed E-state index contributed by atoms with van der Waals surface area (Å²) in [6, 6.07) is 1.58. The molecule has 128 valence electrons. The number of nitrogens with zero attached hydrogens (tertiary/aromatic N) is 2. The Morgan fingerprint density at radius 1 is 1.35 bits per heavy atom. The van der Waals surface area contributed by atoms with Crippen molar-refractivity contribution in [2.45, 2.75) is 52.4 Å². The Kier molecular flexibility index (Phi) is 6.62. The monoisotopic (exact) mass is 321 g/mol. The van der Waals surface area contributed by atoms with Crippen LogP contribution < -0.4 is 5.32 Å². The first-order valence-electron chi connectivity index (χ1n) is 8.52. The van der Waals surface area contributed by atoms with Gasteiger partial charge in [0.05, 0.1) is 6.54 Å². The van der Waals surface area contributed by atoms with E-state index in [0.29, 0.717) is 24.7 Å². The molecule has 1 aliphatic carbocycles. The Hall–Kier alpha value is -1.85. The molecular weight excluding hydrogens is 294 g/mol. The first-order valence-corrected chi connectivity index (χ1v) is 8.52. The average molecular weight is 321 g/mol. The zero-order chi connectivity index (χ0) is 16.7. The standard InChI is InChI=1S/C17H27N3O3/c1-13(2)10-17(22)20(11-14-6-4-3-5-7-14)12-16(21)18-15-8-9-23-19-15/h8-9,13-14H,3-7,10-12H2,1-2H3,(H,18,19,21). The molecule has 6 heteroatoms. The summed E-state index contributed by atoms with van der Waals surface area (Å²) in [4.78, 5) is 26.4. The van der Waals surface area contributed by atoms with Gasteiger partial charge in [0, 0.05) is 19.0 Å². The maximum absolute atomic E-state index is 12.5. The van der Waals surface area contributed by atoms with Crippen LogP contribution in [0.2, 0.25) is 0 Å². The van der Waals surface area contributed by atoms with Crippen molar-refractivity contribution < 1.29 is 14.1 Å². The van der Waals surface area contributed by atoms with E-state index in [0.717, 1.165) is 12.8 Å². The van der Waals surface area contributed by atoms with Gasteiger partial charge in [0.1, 0.15) is 6.26 Å². The van der Waals surface area contributed by atoms with Crippen LogP contribution in [0.3, 0.4) is 0 Å². The number of carbonyl (C=O) groups is 2. The van der Waals surface area contributed by atoms with Crippen molar-refractivity contribution in [1.29, 1.82) is 0 Å². The normalized spacial score (nSPS) is 15.6. The minimum Gasteiger partial charge on any atom is -0.363 e. The minimum absolute atomic E-state index is 0.0564. The van der Waals surface area contributed by atoms with Gasteiger partial charge in [0.15, 0.2) is 5.82 Å². The van der Waals surface area contributed by atoms with Gasteiger partial charge >= 0.3 is 0 Å². The second kappa shape index (κ2) is 8.70. The van der Waals surface area contributed by atoms with E-state index < -0.39 is 0 Å². The first kappa shape index (κ1) is 17.5. The molecule has 2 rings (SSSR count). The molecule has 0 atom stereocenters. The van der Waals surface area contributed by atoms with E-state index in [1.165, 1.54) is 25.5 Å². The summed E-state index contributed by atoms with van der Waals surface area (Å²) in [5, 5.41) is 6.32. The highest BCUT2D eigenvalue weighted by atomic mass is 16.5. The SMILES string of the molecule is CC(C)CC(=O)N(CC(=O)Nc1ccon1)CC1CCCCC1. The Morgan fingerprint density at radius 3 is 2.70 bits per heavy atom. The fourth-order valence-electron chi connectivity index (χ4n) is 3.05. The fourth-order valence-corrected chi connectivity index (χ4v) is 3.05. The molecule has 0 saturated heterocycles. The molecule has 23 heavy (non-hydrogen) atoms. The van der Waals surface area contributed by atoms with E-state index in [1.807, 2.05) is 13.8 Å². The maximum Gasteiger partial charge on any atom is 0.245 e. The largest absolute Gasteiger partial charge is 0.363 e. The zero-order valence-electron chi connectivity index (χ0n) is 14.1. The van der Waals surface area contributed by atoms with Crippen LogP contribution in [0.5, 0.6) is 0 Å². The lowest BCUT2D eigenvalue weighted by Gasteiger charge is -2.30. The first-order chi connectivity index (χ1) is 11.0. The van der Waals surface area contributed by atoms with Gasteiger partial charge in [-0.15, -0.1) is 0 Å². The highest BCUT2D eigenvalue weighted by Crippen LogP contribution is 2.24. The predicted octanol–water partition coefficient (Wildman–Crippen LogP) is 3.07. The smallest absolute Gasteiger partial charge is 0.245 e. The van der Waals surface area contributed by atoms with E-state index in [1.54, 1.807) is 11.0 Å². The summed E-state index contributed by atoms with van der Waals surface area (Å²) in [6.07, 6.45) is 7.91. The number of rotatable bonds is 7. The summed E-state index contributed by atoms with van der Waals surface area (Å²) in [5.41, 5.74) is 0. The molecule has 0 spiro atoms. The highest BCUT2D eigenvalue weighted by molar-refractivity contribution is 5.93. The van der Waals surface area contributed by atoms with Gasteiger partial charge in [-0.1, -0.05) is 38.3 Å². The Balaban J connectivity index is 1.93. The molecule has 0 bridgehead atoms. The molecular formula is C17H27N3O3. The summed E-state index contributed by atoms with van der Waals surface area (Å²) >= 11 is 0. The van der Waals surface area contributed by atoms with E-state index in [-0.39, 0.29) is 24.3 Å². The van der Waals surface area contributed by atoms with Crippen LogP contribution in [-0.4, -0.2) is 35.0 Å². The van der Waals surface area contributed by atoms with Gasteiger partial charge in [-0.05, 0) is 24.7 Å². The van der Waals surface area contributed by atoms with E-state index in [4.69, 9.17) is 4.52 Å². The number of aromatic nitrogens is 1. The van der Waals surface area contributed by atoms with Crippen LogP contribution in [0.4, 0.5) is 5.82 Å². The summed E-state index contributed by atoms with van der Waals surface area (Å²) < 4.78 is 4.70. The molecule has 0 aromatic carbocycles. The maximum atomic E-state index is 12.5. The third-order valence-electron chi connectivity index (χ3n) is 4.18. The minimum atomic E-state index is -0.230. The number of amides is 2. The zero-order valence-corrected chi connectivity index (χ0v) is 14.1. The highest BCUT2D eigenvalue weighted by Gasteiger charge is 2.23. The van der Waals surface area contributed by atoms with Gasteiger partial charge < -0.3 is 14.7 Å². The predicted molar refractivity (Wildman–Crippen MR) is 87.7 cm³/mol.